The van der Waals surface area contributed by atoms with E-state index in [2.05, 4.69) is 34.3 Å². The summed E-state index contributed by atoms with van der Waals surface area (Å²) in [5.74, 6) is 0.147. The topological polar surface area (TPSA) is 58.2 Å². The maximum Gasteiger partial charge on any atom is 0.212 e. The second kappa shape index (κ2) is 5.82. The van der Waals surface area contributed by atoms with Crippen molar-refractivity contribution >= 4 is 10.0 Å². The molecule has 0 atom stereocenters. The van der Waals surface area contributed by atoms with Crippen molar-refractivity contribution < 1.29 is 8.42 Å². The zero-order valence-electron chi connectivity index (χ0n) is 10.6. The van der Waals surface area contributed by atoms with Crippen LogP contribution >= 0.6 is 0 Å². The number of sulfonamides is 1. The van der Waals surface area contributed by atoms with Crippen molar-refractivity contribution in [3.63, 3.8) is 0 Å². The van der Waals surface area contributed by atoms with Gasteiger partial charge in [-0.2, -0.15) is 0 Å². The van der Waals surface area contributed by atoms with E-state index in [4.69, 9.17) is 0 Å². The minimum atomic E-state index is -3.10. The van der Waals surface area contributed by atoms with E-state index in [9.17, 15) is 8.42 Å². The smallest absolute Gasteiger partial charge is 0.212 e. The molecule has 0 unspecified atom stereocenters. The standard InChI is InChI=1S/C13H20N2O2S/c1-2-15-18(16,17)8-7-14-13-9-11-5-3-4-6-12(11)10-13/h3-6,13-15H,2,7-10H2,1H3. The first-order valence-electron chi connectivity index (χ1n) is 6.38. The molecule has 2 N–H and O–H groups in total. The van der Waals surface area contributed by atoms with Gasteiger partial charge in [-0.25, -0.2) is 13.1 Å². The molecule has 2 rings (SSSR count). The van der Waals surface area contributed by atoms with Gasteiger partial charge in [-0.15, -0.1) is 0 Å². The van der Waals surface area contributed by atoms with Gasteiger partial charge in [-0.1, -0.05) is 31.2 Å². The van der Waals surface area contributed by atoms with Gasteiger partial charge in [0.15, 0.2) is 0 Å². The normalized spacial score (nSPS) is 15.8. The van der Waals surface area contributed by atoms with E-state index in [-0.39, 0.29) is 5.75 Å². The van der Waals surface area contributed by atoms with Crippen molar-refractivity contribution in [2.24, 2.45) is 0 Å². The highest BCUT2D eigenvalue weighted by atomic mass is 32.2. The van der Waals surface area contributed by atoms with Crippen molar-refractivity contribution in [1.82, 2.24) is 10.0 Å². The van der Waals surface area contributed by atoms with Crippen molar-refractivity contribution in [1.29, 1.82) is 0 Å². The summed E-state index contributed by atoms with van der Waals surface area (Å²) in [6.45, 7) is 2.75. The molecule has 100 valence electrons. The van der Waals surface area contributed by atoms with Crippen LogP contribution in [0.15, 0.2) is 24.3 Å². The lowest BCUT2D eigenvalue weighted by atomic mass is 10.1. The second-order valence-corrected chi connectivity index (χ2v) is 6.57. The third kappa shape index (κ3) is 3.54. The van der Waals surface area contributed by atoms with Crippen LogP contribution < -0.4 is 10.0 Å². The van der Waals surface area contributed by atoms with Crippen LogP contribution in [0.4, 0.5) is 0 Å². The van der Waals surface area contributed by atoms with Crippen LogP contribution in [0, 0.1) is 0 Å². The van der Waals surface area contributed by atoms with E-state index >= 15 is 0 Å². The van der Waals surface area contributed by atoms with Crippen LogP contribution in [0.2, 0.25) is 0 Å². The fourth-order valence-corrected chi connectivity index (χ4v) is 3.36. The summed E-state index contributed by atoms with van der Waals surface area (Å²) in [6.07, 6.45) is 1.99. The largest absolute Gasteiger partial charge is 0.312 e. The molecule has 0 aliphatic heterocycles. The average Bonchev–Trinajstić information content (AvgIpc) is 2.71. The lowest BCUT2D eigenvalue weighted by Crippen LogP contribution is -2.37. The Morgan fingerprint density at radius 2 is 1.83 bits per heavy atom. The molecule has 1 aliphatic rings. The molecule has 0 bridgehead atoms. The molecule has 0 spiro atoms. The summed E-state index contributed by atoms with van der Waals surface area (Å²) < 4.78 is 25.4. The predicted octanol–water partition coefficient (Wildman–Crippen LogP) is 0.683. The highest BCUT2D eigenvalue weighted by Gasteiger charge is 2.20. The lowest BCUT2D eigenvalue weighted by Gasteiger charge is -2.12. The van der Waals surface area contributed by atoms with Crippen molar-refractivity contribution in [3.8, 4) is 0 Å². The first-order valence-corrected chi connectivity index (χ1v) is 8.03. The number of fused-ring (bicyclic) bond motifs is 1. The minimum Gasteiger partial charge on any atom is -0.312 e. The molecule has 5 heteroatoms. The molecule has 4 nitrogen and oxygen atoms in total. The van der Waals surface area contributed by atoms with Gasteiger partial charge in [-0.3, -0.25) is 0 Å². The van der Waals surface area contributed by atoms with E-state index < -0.39 is 10.0 Å². The van der Waals surface area contributed by atoms with Gasteiger partial charge in [0, 0.05) is 19.1 Å². The molecule has 0 aromatic heterocycles. The number of hydrogen-bond acceptors (Lipinski definition) is 3. The molecular weight excluding hydrogens is 248 g/mol. The van der Waals surface area contributed by atoms with Crippen molar-refractivity contribution in [2.75, 3.05) is 18.8 Å². The molecule has 18 heavy (non-hydrogen) atoms. The van der Waals surface area contributed by atoms with Crippen molar-refractivity contribution in [2.45, 2.75) is 25.8 Å². The van der Waals surface area contributed by atoms with E-state index in [0.717, 1.165) is 12.8 Å². The van der Waals surface area contributed by atoms with E-state index in [1.54, 1.807) is 6.92 Å². The highest BCUT2D eigenvalue weighted by molar-refractivity contribution is 7.89. The van der Waals surface area contributed by atoms with Gasteiger partial charge in [-0.05, 0) is 24.0 Å². The highest BCUT2D eigenvalue weighted by Crippen LogP contribution is 2.21. The van der Waals surface area contributed by atoms with Crippen LogP contribution in [0.5, 0.6) is 0 Å². The molecule has 0 saturated carbocycles. The Bertz CT molecular complexity index is 474. The third-order valence-electron chi connectivity index (χ3n) is 3.22. The van der Waals surface area contributed by atoms with Gasteiger partial charge in [0.05, 0.1) is 5.75 Å². The fraction of sp³-hybridized carbons (Fsp3) is 0.538. The minimum absolute atomic E-state index is 0.147. The first-order chi connectivity index (χ1) is 8.61. The summed E-state index contributed by atoms with van der Waals surface area (Å²) in [5, 5.41) is 3.32. The molecule has 1 aromatic carbocycles. The lowest BCUT2D eigenvalue weighted by molar-refractivity contribution is 0.540. The van der Waals surface area contributed by atoms with E-state index in [0.29, 0.717) is 19.1 Å². The molecule has 0 amide bonds. The Hall–Kier alpha value is -0.910. The van der Waals surface area contributed by atoms with Crippen LogP contribution in [0.25, 0.3) is 0 Å². The second-order valence-electron chi connectivity index (χ2n) is 4.64. The number of benzene rings is 1. The Morgan fingerprint density at radius 1 is 1.22 bits per heavy atom. The number of rotatable bonds is 6. The van der Waals surface area contributed by atoms with Gasteiger partial charge in [0.2, 0.25) is 10.0 Å². The zero-order valence-corrected chi connectivity index (χ0v) is 11.5. The Morgan fingerprint density at radius 3 is 2.39 bits per heavy atom. The Balaban J connectivity index is 1.78. The average molecular weight is 268 g/mol. The third-order valence-corrected chi connectivity index (χ3v) is 4.69. The van der Waals surface area contributed by atoms with Gasteiger partial charge < -0.3 is 5.32 Å². The molecule has 1 aromatic rings. The van der Waals surface area contributed by atoms with E-state index in [1.807, 2.05) is 0 Å². The van der Waals surface area contributed by atoms with Crippen LogP contribution in [0.1, 0.15) is 18.1 Å². The van der Waals surface area contributed by atoms with Crippen LogP contribution in [-0.2, 0) is 22.9 Å². The number of hydrogen-bond donors (Lipinski definition) is 2. The van der Waals surface area contributed by atoms with Gasteiger partial charge in [0.25, 0.3) is 0 Å². The number of nitrogens with one attached hydrogen (secondary N) is 2. The SMILES string of the molecule is CCNS(=O)(=O)CCNC1Cc2ccccc2C1. The van der Waals surface area contributed by atoms with Gasteiger partial charge >= 0.3 is 0 Å². The predicted molar refractivity (Wildman–Crippen MR) is 73.1 cm³/mol. The molecular formula is C13H20N2O2S. The van der Waals surface area contributed by atoms with Crippen molar-refractivity contribution in [3.05, 3.63) is 35.4 Å². The molecule has 0 heterocycles. The summed E-state index contributed by atoms with van der Waals surface area (Å²) in [4.78, 5) is 0. The molecule has 1 aliphatic carbocycles. The van der Waals surface area contributed by atoms with Gasteiger partial charge in [0.1, 0.15) is 0 Å². The van der Waals surface area contributed by atoms with E-state index in [1.165, 1.54) is 11.1 Å². The Labute approximate surface area is 109 Å². The maximum absolute atomic E-state index is 11.5. The first kappa shape index (κ1) is 13.5. The Kier molecular flexibility index (Phi) is 4.37. The summed E-state index contributed by atoms with van der Waals surface area (Å²) in [7, 11) is -3.10. The molecule has 0 saturated heterocycles. The monoisotopic (exact) mass is 268 g/mol. The zero-order chi connectivity index (χ0) is 13.0. The summed E-state index contributed by atoms with van der Waals surface area (Å²) >= 11 is 0. The maximum atomic E-state index is 11.5. The fourth-order valence-electron chi connectivity index (χ4n) is 2.39. The van der Waals surface area contributed by atoms with Crippen LogP contribution in [0.3, 0.4) is 0 Å². The quantitative estimate of drug-likeness (QED) is 0.798. The summed E-state index contributed by atoms with van der Waals surface area (Å²) in [5.41, 5.74) is 2.76. The van der Waals surface area contributed by atoms with Crippen LogP contribution in [-0.4, -0.2) is 33.3 Å². The molecule has 0 radical (unpaired) electrons. The molecule has 0 fully saturated rings. The summed E-state index contributed by atoms with van der Waals surface area (Å²) in [6, 6.07) is 8.77.